The van der Waals surface area contributed by atoms with E-state index in [9.17, 15) is 0 Å². The number of nitrogens with zero attached hydrogens (tertiary/aromatic N) is 2. The number of hydrogen-bond acceptors (Lipinski definition) is 4. The summed E-state index contributed by atoms with van der Waals surface area (Å²) in [7, 11) is 0. The number of fused-ring (bicyclic) bond motifs is 1. The van der Waals surface area contributed by atoms with Gasteiger partial charge in [-0.1, -0.05) is 5.16 Å². The molecule has 92 valence electrons. The number of nitrogens with one attached hydrogen (secondary N) is 1. The number of aryl methyl sites for hydroxylation is 1. The third-order valence-electron chi connectivity index (χ3n) is 3.67. The van der Waals surface area contributed by atoms with Crippen LogP contribution in [0, 0.1) is 0 Å². The maximum Gasteiger partial charge on any atom is 0.257 e. The zero-order chi connectivity index (χ0) is 11.9. The maximum atomic E-state index is 5.36. The Morgan fingerprint density at radius 3 is 3.11 bits per heavy atom. The van der Waals surface area contributed by atoms with Crippen LogP contribution >= 0.6 is 0 Å². The molecule has 1 N–H and O–H groups in total. The van der Waals surface area contributed by atoms with E-state index < -0.39 is 0 Å². The van der Waals surface area contributed by atoms with Gasteiger partial charge < -0.3 is 9.84 Å². The first-order valence-corrected chi connectivity index (χ1v) is 6.61. The lowest BCUT2D eigenvalue weighted by Gasteiger charge is -2.17. The number of rotatable bonds is 2. The van der Waals surface area contributed by atoms with E-state index in [2.05, 4.69) is 33.7 Å². The van der Waals surface area contributed by atoms with Gasteiger partial charge in [0.1, 0.15) is 0 Å². The van der Waals surface area contributed by atoms with Crippen LogP contribution < -0.4 is 5.32 Å². The Hall–Kier alpha value is -1.84. The molecule has 4 heteroatoms. The SMILES string of the molecule is c1cc2c(cc1-c1nc(C3CC3)no1)CCCN2. The van der Waals surface area contributed by atoms with Gasteiger partial charge in [0.2, 0.25) is 0 Å². The summed E-state index contributed by atoms with van der Waals surface area (Å²) in [5.41, 5.74) is 3.63. The number of aromatic nitrogens is 2. The molecule has 0 saturated heterocycles. The Morgan fingerprint density at radius 2 is 2.22 bits per heavy atom. The minimum Gasteiger partial charge on any atom is -0.385 e. The van der Waals surface area contributed by atoms with Gasteiger partial charge in [-0.3, -0.25) is 0 Å². The van der Waals surface area contributed by atoms with Crippen LogP contribution in [0.25, 0.3) is 11.5 Å². The lowest BCUT2D eigenvalue weighted by atomic mass is 10.0. The molecule has 0 atom stereocenters. The first-order valence-electron chi connectivity index (χ1n) is 6.61. The number of benzene rings is 1. The molecule has 1 saturated carbocycles. The van der Waals surface area contributed by atoms with E-state index >= 15 is 0 Å². The molecule has 4 nitrogen and oxygen atoms in total. The van der Waals surface area contributed by atoms with Crippen LogP contribution in [-0.2, 0) is 6.42 Å². The van der Waals surface area contributed by atoms with Crippen molar-refractivity contribution in [2.24, 2.45) is 0 Å². The summed E-state index contributed by atoms with van der Waals surface area (Å²) in [4.78, 5) is 4.49. The second-order valence-electron chi connectivity index (χ2n) is 5.13. The molecule has 2 aromatic rings. The Balaban J connectivity index is 1.70. The van der Waals surface area contributed by atoms with Crippen LogP contribution in [0.4, 0.5) is 5.69 Å². The molecule has 1 aromatic heterocycles. The van der Waals surface area contributed by atoms with Crippen LogP contribution in [0.15, 0.2) is 22.7 Å². The predicted molar refractivity (Wildman–Crippen MR) is 68.5 cm³/mol. The van der Waals surface area contributed by atoms with Crippen molar-refractivity contribution in [1.82, 2.24) is 10.1 Å². The monoisotopic (exact) mass is 241 g/mol. The summed E-state index contributed by atoms with van der Waals surface area (Å²) in [5.74, 6) is 2.08. The zero-order valence-corrected chi connectivity index (χ0v) is 10.1. The quantitative estimate of drug-likeness (QED) is 0.878. The second kappa shape index (κ2) is 3.83. The van der Waals surface area contributed by atoms with E-state index in [1.807, 2.05) is 0 Å². The molecule has 1 aliphatic carbocycles. The van der Waals surface area contributed by atoms with Crippen LogP contribution in [0.3, 0.4) is 0 Å². The first-order chi connectivity index (χ1) is 8.90. The topological polar surface area (TPSA) is 51.0 Å². The highest BCUT2D eigenvalue weighted by Gasteiger charge is 2.29. The molecule has 2 heterocycles. The molecule has 4 rings (SSSR count). The van der Waals surface area contributed by atoms with Gasteiger partial charge in [0.05, 0.1) is 0 Å². The van der Waals surface area contributed by atoms with Crippen molar-refractivity contribution in [1.29, 1.82) is 0 Å². The Labute approximate surface area is 105 Å². The van der Waals surface area contributed by atoms with Crippen LogP contribution in [0.5, 0.6) is 0 Å². The fraction of sp³-hybridized carbons (Fsp3) is 0.429. The lowest BCUT2D eigenvalue weighted by molar-refractivity contribution is 0.422. The van der Waals surface area contributed by atoms with Crippen molar-refractivity contribution in [3.63, 3.8) is 0 Å². The van der Waals surface area contributed by atoms with E-state index in [4.69, 9.17) is 4.52 Å². The fourth-order valence-corrected chi connectivity index (χ4v) is 2.47. The molecule has 18 heavy (non-hydrogen) atoms. The molecule has 2 aliphatic rings. The summed E-state index contributed by atoms with van der Waals surface area (Å²) in [6.45, 7) is 1.07. The minimum atomic E-state index is 0.543. The molecule has 1 aromatic carbocycles. The maximum absolute atomic E-state index is 5.36. The molecule has 0 bridgehead atoms. The molecule has 0 unspecified atom stereocenters. The highest BCUT2D eigenvalue weighted by Crippen LogP contribution is 2.39. The van der Waals surface area contributed by atoms with Gasteiger partial charge in [0, 0.05) is 23.7 Å². The Kier molecular flexibility index (Phi) is 2.15. The average Bonchev–Trinajstić information content (AvgIpc) is 3.16. The lowest BCUT2D eigenvalue weighted by Crippen LogP contribution is -2.11. The van der Waals surface area contributed by atoms with Crippen molar-refractivity contribution in [3.05, 3.63) is 29.6 Å². The standard InChI is InChI=1S/C14H15N3O/c1-2-10-8-11(5-6-12(10)15-7-1)14-16-13(17-18-14)9-3-4-9/h5-6,8-9,15H,1-4,7H2. The molecular formula is C14H15N3O. The van der Waals surface area contributed by atoms with Gasteiger partial charge in [-0.2, -0.15) is 4.98 Å². The summed E-state index contributed by atoms with van der Waals surface area (Å²) in [6.07, 6.45) is 4.72. The van der Waals surface area contributed by atoms with Crippen molar-refractivity contribution >= 4 is 5.69 Å². The van der Waals surface area contributed by atoms with E-state index in [1.54, 1.807) is 0 Å². The third-order valence-corrected chi connectivity index (χ3v) is 3.67. The van der Waals surface area contributed by atoms with E-state index in [0.717, 1.165) is 24.4 Å². The van der Waals surface area contributed by atoms with Crippen LogP contribution in [0.2, 0.25) is 0 Å². The van der Waals surface area contributed by atoms with Crippen LogP contribution in [0.1, 0.15) is 36.6 Å². The largest absolute Gasteiger partial charge is 0.385 e. The molecule has 1 aliphatic heterocycles. The highest BCUT2D eigenvalue weighted by molar-refractivity contribution is 5.63. The fourth-order valence-electron chi connectivity index (χ4n) is 2.47. The van der Waals surface area contributed by atoms with E-state index in [-0.39, 0.29) is 0 Å². The smallest absolute Gasteiger partial charge is 0.257 e. The van der Waals surface area contributed by atoms with Gasteiger partial charge in [0.15, 0.2) is 5.82 Å². The Bertz CT molecular complexity index is 586. The minimum absolute atomic E-state index is 0.543. The van der Waals surface area contributed by atoms with Gasteiger partial charge in [0.25, 0.3) is 5.89 Å². The van der Waals surface area contributed by atoms with Gasteiger partial charge in [-0.25, -0.2) is 0 Å². The molecule has 1 fully saturated rings. The third kappa shape index (κ3) is 1.68. The normalized spacial score (nSPS) is 18.2. The second-order valence-corrected chi connectivity index (χ2v) is 5.13. The highest BCUT2D eigenvalue weighted by atomic mass is 16.5. The summed E-state index contributed by atoms with van der Waals surface area (Å²) in [6, 6.07) is 6.35. The van der Waals surface area contributed by atoms with Crippen molar-refractivity contribution in [2.75, 3.05) is 11.9 Å². The summed E-state index contributed by atoms with van der Waals surface area (Å²) >= 11 is 0. The predicted octanol–water partition coefficient (Wildman–Crippen LogP) is 2.97. The molecule has 0 amide bonds. The molecule has 0 radical (unpaired) electrons. The summed E-state index contributed by atoms with van der Waals surface area (Å²) in [5, 5.41) is 7.47. The Morgan fingerprint density at radius 1 is 1.28 bits per heavy atom. The van der Waals surface area contributed by atoms with E-state index in [1.165, 1.54) is 30.5 Å². The van der Waals surface area contributed by atoms with E-state index in [0.29, 0.717) is 11.8 Å². The zero-order valence-electron chi connectivity index (χ0n) is 10.1. The van der Waals surface area contributed by atoms with Crippen molar-refractivity contribution < 1.29 is 4.52 Å². The number of hydrogen-bond donors (Lipinski definition) is 1. The first kappa shape index (κ1) is 10.1. The number of anilines is 1. The van der Waals surface area contributed by atoms with Gasteiger partial charge >= 0.3 is 0 Å². The molecule has 0 spiro atoms. The summed E-state index contributed by atoms with van der Waals surface area (Å²) < 4.78 is 5.36. The van der Waals surface area contributed by atoms with Crippen LogP contribution in [-0.4, -0.2) is 16.7 Å². The van der Waals surface area contributed by atoms with Crippen molar-refractivity contribution in [2.45, 2.75) is 31.6 Å². The van der Waals surface area contributed by atoms with Crippen molar-refractivity contribution in [3.8, 4) is 11.5 Å². The van der Waals surface area contributed by atoms with Gasteiger partial charge in [-0.05, 0) is 49.4 Å². The average molecular weight is 241 g/mol. The van der Waals surface area contributed by atoms with Gasteiger partial charge in [-0.15, -0.1) is 0 Å². The molecular weight excluding hydrogens is 226 g/mol.